The lowest BCUT2D eigenvalue weighted by atomic mass is 10.2. The van der Waals surface area contributed by atoms with Gasteiger partial charge in [-0.2, -0.15) is 0 Å². The van der Waals surface area contributed by atoms with Gasteiger partial charge in [0.2, 0.25) is 0 Å². The van der Waals surface area contributed by atoms with E-state index in [4.69, 9.17) is 5.73 Å². The van der Waals surface area contributed by atoms with Gasteiger partial charge in [-0.15, -0.1) is 11.3 Å². The lowest BCUT2D eigenvalue weighted by Crippen LogP contribution is -2.12. The van der Waals surface area contributed by atoms with Crippen LogP contribution in [0.5, 0.6) is 0 Å². The van der Waals surface area contributed by atoms with Gasteiger partial charge < -0.3 is 11.1 Å². The molecule has 1 aromatic heterocycles. The number of thiazole rings is 1. The molecule has 0 saturated carbocycles. The van der Waals surface area contributed by atoms with Crippen molar-refractivity contribution >= 4 is 28.6 Å². The standard InChI is InChI=1S/C10H8FN3OS/c11-7-2-1-6(3-8(7)12)14-10(15)9-4-16-5-13-9/h1-5H,12H2,(H,14,15). The summed E-state index contributed by atoms with van der Waals surface area (Å²) in [7, 11) is 0. The largest absolute Gasteiger partial charge is 0.396 e. The molecule has 0 fully saturated rings. The Balaban J connectivity index is 2.15. The fourth-order valence-corrected chi connectivity index (χ4v) is 1.67. The number of amides is 1. The summed E-state index contributed by atoms with van der Waals surface area (Å²) in [6.07, 6.45) is 0. The molecular weight excluding hydrogens is 229 g/mol. The molecule has 2 rings (SSSR count). The number of benzene rings is 1. The van der Waals surface area contributed by atoms with Gasteiger partial charge in [0, 0.05) is 11.1 Å². The van der Waals surface area contributed by atoms with Gasteiger partial charge in [0.25, 0.3) is 5.91 Å². The highest BCUT2D eigenvalue weighted by molar-refractivity contribution is 7.07. The van der Waals surface area contributed by atoms with E-state index in [2.05, 4.69) is 10.3 Å². The van der Waals surface area contributed by atoms with Crippen molar-refractivity contribution < 1.29 is 9.18 Å². The Bertz CT molecular complexity index is 513. The molecule has 0 saturated heterocycles. The van der Waals surface area contributed by atoms with Crippen molar-refractivity contribution in [2.75, 3.05) is 11.1 Å². The van der Waals surface area contributed by atoms with Crippen molar-refractivity contribution in [3.8, 4) is 0 Å². The molecule has 0 atom stereocenters. The number of carbonyl (C=O) groups excluding carboxylic acids is 1. The van der Waals surface area contributed by atoms with Gasteiger partial charge in [0.15, 0.2) is 0 Å². The first-order valence-electron chi connectivity index (χ1n) is 4.41. The summed E-state index contributed by atoms with van der Waals surface area (Å²) in [5.74, 6) is -0.848. The number of nitrogens with one attached hydrogen (secondary N) is 1. The van der Waals surface area contributed by atoms with Crippen LogP contribution in [0.15, 0.2) is 29.1 Å². The molecule has 0 aliphatic heterocycles. The van der Waals surface area contributed by atoms with Gasteiger partial charge in [0.05, 0.1) is 11.2 Å². The van der Waals surface area contributed by atoms with Crippen LogP contribution in [0, 0.1) is 5.82 Å². The maximum Gasteiger partial charge on any atom is 0.275 e. The summed E-state index contributed by atoms with van der Waals surface area (Å²) in [4.78, 5) is 15.4. The van der Waals surface area contributed by atoms with Crippen LogP contribution in [0.1, 0.15) is 10.5 Å². The summed E-state index contributed by atoms with van der Waals surface area (Å²) < 4.78 is 12.9. The zero-order valence-electron chi connectivity index (χ0n) is 8.11. The van der Waals surface area contributed by atoms with Crippen LogP contribution >= 0.6 is 11.3 Å². The number of hydrogen-bond acceptors (Lipinski definition) is 4. The zero-order valence-corrected chi connectivity index (χ0v) is 8.92. The van der Waals surface area contributed by atoms with E-state index >= 15 is 0 Å². The van der Waals surface area contributed by atoms with Crippen LogP contribution in [-0.4, -0.2) is 10.9 Å². The second-order valence-corrected chi connectivity index (χ2v) is 3.78. The Morgan fingerprint density at radius 1 is 1.50 bits per heavy atom. The quantitative estimate of drug-likeness (QED) is 0.786. The number of rotatable bonds is 2. The van der Waals surface area contributed by atoms with E-state index in [1.807, 2.05) is 0 Å². The van der Waals surface area contributed by atoms with Gasteiger partial charge in [-0.25, -0.2) is 9.37 Å². The number of carbonyl (C=O) groups is 1. The first kappa shape index (κ1) is 10.6. The first-order valence-corrected chi connectivity index (χ1v) is 5.35. The van der Waals surface area contributed by atoms with Crippen molar-refractivity contribution in [1.29, 1.82) is 0 Å². The van der Waals surface area contributed by atoms with Gasteiger partial charge >= 0.3 is 0 Å². The van der Waals surface area contributed by atoms with Crippen LogP contribution in [0.25, 0.3) is 0 Å². The SMILES string of the molecule is Nc1cc(NC(=O)c2cscn2)ccc1F. The lowest BCUT2D eigenvalue weighted by Gasteiger charge is -2.04. The van der Waals surface area contributed by atoms with Crippen molar-refractivity contribution in [3.05, 3.63) is 40.6 Å². The van der Waals surface area contributed by atoms with Gasteiger partial charge in [-0.1, -0.05) is 0 Å². The Kier molecular flexibility index (Phi) is 2.82. The van der Waals surface area contributed by atoms with Gasteiger partial charge in [0.1, 0.15) is 11.5 Å². The number of hydrogen-bond donors (Lipinski definition) is 2. The molecule has 0 aliphatic rings. The number of anilines is 2. The Morgan fingerprint density at radius 2 is 2.31 bits per heavy atom. The van der Waals surface area contributed by atoms with Crippen LogP contribution in [0.4, 0.5) is 15.8 Å². The smallest absolute Gasteiger partial charge is 0.275 e. The summed E-state index contributed by atoms with van der Waals surface area (Å²) in [6, 6.07) is 4.00. The molecule has 6 heteroatoms. The number of aromatic nitrogens is 1. The normalized spacial score (nSPS) is 10.1. The molecule has 4 nitrogen and oxygen atoms in total. The van der Waals surface area contributed by atoms with E-state index in [-0.39, 0.29) is 11.6 Å². The molecule has 1 heterocycles. The number of nitrogens with zero attached hydrogens (tertiary/aromatic N) is 1. The highest BCUT2D eigenvalue weighted by atomic mass is 32.1. The third-order valence-electron chi connectivity index (χ3n) is 1.92. The molecule has 0 radical (unpaired) electrons. The molecular formula is C10H8FN3OS. The van der Waals surface area contributed by atoms with E-state index in [0.717, 1.165) is 0 Å². The Morgan fingerprint density at radius 3 is 2.94 bits per heavy atom. The number of nitrogen functional groups attached to an aromatic ring is 1. The fourth-order valence-electron chi connectivity index (χ4n) is 1.14. The van der Waals surface area contributed by atoms with Crippen LogP contribution < -0.4 is 11.1 Å². The zero-order chi connectivity index (χ0) is 11.5. The highest BCUT2D eigenvalue weighted by Crippen LogP contribution is 2.17. The molecule has 0 spiro atoms. The maximum absolute atomic E-state index is 12.9. The van der Waals surface area contributed by atoms with E-state index in [9.17, 15) is 9.18 Å². The molecule has 82 valence electrons. The summed E-state index contributed by atoms with van der Waals surface area (Å²) in [5.41, 5.74) is 7.70. The second-order valence-electron chi connectivity index (χ2n) is 3.06. The lowest BCUT2D eigenvalue weighted by molar-refractivity contribution is 0.102. The molecule has 0 unspecified atom stereocenters. The van der Waals surface area contributed by atoms with Crippen molar-refractivity contribution in [3.63, 3.8) is 0 Å². The van der Waals surface area contributed by atoms with Crippen LogP contribution in [0.2, 0.25) is 0 Å². The minimum Gasteiger partial charge on any atom is -0.396 e. The average Bonchev–Trinajstić information content (AvgIpc) is 2.77. The van der Waals surface area contributed by atoms with E-state index < -0.39 is 5.82 Å². The van der Waals surface area contributed by atoms with Crippen LogP contribution in [0.3, 0.4) is 0 Å². The van der Waals surface area contributed by atoms with Gasteiger partial charge in [-0.05, 0) is 18.2 Å². The third kappa shape index (κ3) is 2.17. The summed E-state index contributed by atoms with van der Waals surface area (Å²) >= 11 is 1.33. The number of nitrogens with two attached hydrogens (primary N) is 1. The molecule has 0 aliphatic carbocycles. The monoisotopic (exact) mass is 237 g/mol. The molecule has 2 aromatic rings. The molecule has 1 aromatic carbocycles. The third-order valence-corrected chi connectivity index (χ3v) is 2.51. The van der Waals surface area contributed by atoms with Crippen molar-refractivity contribution in [2.24, 2.45) is 0 Å². The second kappa shape index (κ2) is 4.28. The summed E-state index contributed by atoms with van der Waals surface area (Å²) in [6.45, 7) is 0. The van der Waals surface area contributed by atoms with Crippen LogP contribution in [-0.2, 0) is 0 Å². The topological polar surface area (TPSA) is 68.0 Å². The predicted octanol–water partition coefficient (Wildman–Crippen LogP) is 2.12. The van der Waals surface area contributed by atoms with E-state index in [1.165, 1.54) is 29.5 Å². The Hall–Kier alpha value is -1.95. The Labute approximate surface area is 94.9 Å². The molecule has 16 heavy (non-hydrogen) atoms. The summed E-state index contributed by atoms with van der Waals surface area (Å²) in [5, 5.41) is 4.20. The van der Waals surface area contributed by atoms with E-state index in [1.54, 1.807) is 10.9 Å². The fraction of sp³-hybridized carbons (Fsp3) is 0. The average molecular weight is 237 g/mol. The maximum atomic E-state index is 12.9. The predicted molar refractivity (Wildman–Crippen MR) is 60.9 cm³/mol. The molecule has 1 amide bonds. The van der Waals surface area contributed by atoms with Crippen molar-refractivity contribution in [1.82, 2.24) is 4.98 Å². The molecule has 3 N–H and O–H groups in total. The van der Waals surface area contributed by atoms with Crippen molar-refractivity contribution in [2.45, 2.75) is 0 Å². The highest BCUT2D eigenvalue weighted by Gasteiger charge is 2.08. The minimum atomic E-state index is -0.508. The number of halogens is 1. The molecule has 0 bridgehead atoms. The first-order chi connectivity index (χ1) is 7.66. The van der Waals surface area contributed by atoms with Gasteiger partial charge in [-0.3, -0.25) is 4.79 Å². The minimum absolute atomic E-state index is 0.00363. The van der Waals surface area contributed by atoms with E-state index in [0.29, 0.717) is 11.4 Å².